The van der Waals surface area contributed by atoms with Gasteiger partial charge in [0.25, 0.3) is 0 Å². The summed E-state index contributed by atoms with van der Waals surface area (Å²) in [5, 5.41) is 0. The van der Waals surface area contributed by atoms with Crippen LogP contribution in [-0.2, 0) is 5.41 Å². The van der Waals surface area contributed by atoms with Gasteiger partial charge in [-0.1, -0.05) is 188 Å². The minimum absolute atomic E-state index is 0.321. The summed E-state index contributed by atoms with van der Waals surface area (Å²) in [6.45, 7) is 0. The number of fused-ring (bicyclic) bond motifs is 10. The van der Waals surface area contributed by atoms with Crippen LogP contribution in [-0.4, -0.2) is 4.98 Å². The molecule has 2 aliphatic rings. The van der Waals surface area contributed by atoms with Gasteiger partial charge >= 0.3 is 0 Å². The van der Waals surface area contributed by atoms with Crippen molar-refractivity contribution >= 4 is 0 Å². The van der Waals surface area contributed by atoms with Crippen molar-refractivity contribution in [2.45, 2.75) is 5.41 Å². The summed E-state index contributed by atoms with van der Waals surface area (Å²) in [4.78, 5) is 5.15. The van der Waals surface area contributed by atoms with E-state index in [2.05, 4.69) is 206 Å². The fourth-order valence-electron chi connectivity index (χ4n) is 9.22. The number of hydrogen-bond donors (Lipinski definition) is 0. The van der Waals surface area contributed by atoms with Crippen molar-refractivity contribution < 1.29 is 0 Å². The molecule has 0 unspecified atom stereocenters. The van der Waals surface area contributed by atoms with Crippen LogP contribution in [0, 0.1) is 0 Å². The molecule has 2 aliphatic carbocycles. The highest BCUT2D eigenvalue weighted by molar-refractivity contribution is 5.96. The van der Waals surface area contributed by atoms with Crippen LogP contribution in [0.4, 0.5) is 0 Å². The van der Waals surface area contributed by atoms with Crippen molar-refractivity contribution in [3.63, 3.8) is 0 Å². The molecule has 55 heavy (non-hydrogen) atoms. The molecule has 0 fully saturated rings. The topological polar surface area (TPSA) is 12.9 Å². The van der Waals surface area contributed by atoms with Gasteiger partial charge in [-0.2, -0.15) is 0 Å². The Morgan fingerprint density at radius 2 is 0.618 bits per heavy atom. The van der Waals surface area contributed by atoms with E-state index in [1.165, 1.54) is 72.3 Å². The lowest BCUT2D eigenvalue weighted by atomic mass is 9.70. The zero-order chi connectivity index (χ0) is 36.3. The molecule has 0 saturated heterocycles. The first-order valence-corrected chi connectivity index (χ1v) is 19.0. The summed E-state index contributed by atoms with van der Waals surface area (Å²) in [5.41, 5.74) is 21.7. The Bertz CT molecular complexity index is 2800. The van der Waals surface area contributed by atoms with Gasteiger partial charge in [0.05, 0.1) is 16.8 Å². The second kappa shape index (κ2) is 12.5. The van der Waals surface area contributed by atoms with Crippen LogP contribution in [0.2, 0.25) is 0 Å². The van der Waals surface area contributed by atoms with Gasteiger partial charge in [-0.25, -0.2) is 4.98 Å². The van der Waals surface area contributed by atoms with Gasteiger partial charge in [-0.3, -0.25) is 0 Å². The predicted octanol–water partition coefficient (Wildman–Crippen LogP) is 13.8. The number of aromatic nitrogens is 1. The third-order valence-corrected chi connectivity index (χ3v) is 11.7. The molecule has 0 atom stereocenters. The number of benzene rings is 8. The van der Waals surface area contributed by atoms with Crippen molar-refractivity contribution in [1.29, 1.82) is 0 Å². The molecule has 9 aromatic rings. The van der Waals surface area contributed by atoms with Crippen molar-refractivity contribution in [1.82, 2.24) is 4.98 Å². The Labute approximate surface area is 321 Å². The Hall–Kier alpha value is -7.09. The predicted molar refractivity (Wildman–Crippen MR) is 228 cm³/mol. The number of pyridine rings is 1. The van der Waals surface area contributed by atoms with Crippen molar-refractivity contribution in [2.75, 3.05) is 0 Å². The molecule has 11 rings (SSSR count). The van der Waals surface area contributed by atoms with E-state index in [0.29, 0.717) is 0 Å². The minimum Gasteiger partial charge on any atom is -0.248 e. The maximum Gasteiger partial charge on any atom is 0.0725 e. The fourth-order valence-corrected chi connectivity index (χ4v) is 9.22. The average Bonchev–Trinajstić information content (AvgIpc) is 3.74. The van der Waals surface area contributed by atoms with Crippen LogP contribution in [0.25, 0.3) is 78.1 Å². The molecule has 0 aliphatic heterocycles. The quantitative estimate of drug-likeness (QED) is 0.174. The van der Waals surface area contributed by atoms with Crippen molar-refractivity contribution in [2.24, 2.45) is 0 Å². The van der Waals surface area contributed by atoms with E-state index in [0.717, 1.165) is 28.1 Å². The molecule has 0 bridgehead atoms. The molecule has 1 nitrogen and oxygen atoms in total. The fraction of sp³-hybridized carbons (Fsp3) is 0.0185. The van der Waals surface area contributed by atoms with Crippen LogP contribution in [0.15, 0.2) is 212 Å². The first kappa shape index (κ1) is 31.4. The number of hydrogen-bond acceptors (Lipinski definition) is 1. The first-order chi connectivity index (χ1) is 27.3. The Morgan fingerprint density at radius 1 is 0.236 bits per heavy atom. The smallest absolute Gasteiger partial charge is 0.0725 e. The molecule has 1 spiro atoms. The van der Waals surface area contributed by atoms with Gasteiger partial charge in [0, 0.05) is 11.1 Å². The zero-order valence-corrected chi connectivity index (χ0v) is 30.2. The van der Waals surface area contributed by atoms with Crippen LogP contribution < -0.4 is 0 Å². The summed E-state index contributed by atoms with van der Waals surface area (Å²) < 4.78 is 0. The number of rotatable bonds is 5. The molecule has 0 amide bonds. The Kier molecular flexibility index (Phi) is 7.15. The lowest BCUT2D eigenvalue weighted by Crippen LogP contribution is -2.25. The van der Waals surface area contributed by atoms with Gasteiger partial charge in [-0.05, 0) is 102 Å². The highest BCUT2D eigenvalue weighted by atomic mass is 14.7. The zero-order valence-electron chi connectivity index (χ0n) is 30.2. The lowest BCUT2D eigenvalue weighted by molar-refractivity contribution is 0.794. The third kappa shape index (κ3) is 4.90. The Morgan fingerprint density at radius 3 is 1.22 bits per heavy atom. The molecule has 1 heterocycles. The summed E-state index contributed by atoms with van der Waals surface area (Å²) in [5.74, 6) is 0. The summed E-state index contributed by atoms with van der Waals surface area (Å²) >= 11 is 0. The van der Waals surface area contributed by atoms with Crippen LogP contribution in [0.3, 0.4) is 0 Å². The van der Waals surface area contributed by atoms with E-state index in [1.807, 2.05) is 6.07 Å². The summed E-state index contributed by atoms with van der Waals surface area (Å²) in [6, 6.07) is 77.4. The highest BCUT2D eigenvalue weighted by Gasteiger charge is 2.51. The third-order valence-electron chi connectivity index (χ3n) is 11.7. The Balaban J connectivity index is 0.970. The van der Waals surface area contributed by atoms with Gasteiger partial charge in [-0.15, -0.1) is 0 Å². The van der Waals surface area contributed by atoms with E-state index in [1.54, 1.807) is 0 Å². The largest absolute Gasteiger partial charge is 0.248 e. The second-order valence-corrected chi connectivity index (χ2v) is 14.7. The summed E-state index contributed by atoms with van der Waals surface area (Å²) in [6.07, 6.45) is 0. The van der Waals surface area contributed by atoms with Crippen LogP contribution in [0.1, 0.15) is 22.3 Å². The normalized spacial score (nSPS) is 12.9. The maximum absolute atomic E-state index is 5.15. The standard InChI is InChI=1S/C54H35N/c1-3-14-36(15-4-1)43-34-52(38-16-5-2-6-17-38)55-53(35-43)39-28-26-37(27-29-39)40-18-13-19-41(32-40)42-30-31-51-47(33-42)46-22-9-12-25-50(46)54(51)48-23-10-7-20-44(48)45-21-8-11-24-49(45)54/h1-35H. The molecule has 0 N–H and O–H groups in total. The lowest BCUT2D eigenvalue weighted by Gasteiger charge is -2.30. The van der Waals surface area contributed by atoms with E-state index in [4.69, 9.17) is 4.98 Å². The molecule has 8 aromatic carbocycles. The second-order valence-electron chi connectivity index (χ2n) is 14.7. The summed E-state index contributed by atoms with van der Waals surface area (Å²) in [7, 11) is 0. The SMILES string of the molecule is c1ccc(-c2cc(-c3ccccc3)nc(-c3ccc(-c4cccc(-c5ccc6c(c5)-c5ccccc5C65c6ccccc6-c6ccccc65)c4)cc3)c2)cc1. The molecule has 0 radical (unpaired) electrons. The molecular formula is C54H35N. The van der Waals surface area contributed by atoms with E-state index in [-0.39, 0.29) is 5.41 Å². The maximum atomic E-state index is 5.15. The molecule has 0 saturated carbocycles. The van der Waals surface area contributed by atoms with Gasteiger partial charge in [0.2, 0.25) is 0 Å². The molecule has 1 heteroatoms. The average molecular weight is 698 g/mol. The van der Waals surface area contributed by atoms with Crippen molar-refractivity contribution in [3.8, 4) is 78.1 Å². The monoisotopic (exact) mass is 697 g/mol. The van der Waals surface area contributed by atoms with Gasteiger partial charge < -0.3 is 0 Å². The van der Waals surface area contributed by atoms with Crippen LogP contribution in [0.5, 0.6) is 0 Å². The number of nitrogens with zero attached hydrogens (tertiary/aromatic N) is 1. The van der Waals surface area contributed by atoms with E-state index >= 15 is 0 Å². The van der Waals surface area contributed by atoms with E-state index in [9.17, 15) is 0 Å². The molecule has 1 aromatic heterocycles. The van der Waals surface area contributed by atoms with Gasteiger partial charge in [0.1, 0.15) is 0 Å². The van der Waals surface area contributed by atoms with Crippen molar-refractivity contribution in [3.05, 3.63) is 235 Å². The minimum atomic E-state index is -0.321. The van der Waals surface area contributed by atoms with Gasteiger partial charge in [0.15, 0.2) is 0 Å². The molecular weight excluding hydrogens is 663 g/mol. The van der Waals surface area contributed by atoms with E-state index < -0.39 is 0 Å². The highest BCUT2D eigenvalue weighted by Crippen LogP contribution is 2.62. The van der Waals surface area contributed by atoms with Crippen LogP contribution >= 0.6 is 0 Å². The first-order valence-electron chi connectivity index (χ1n) is 19.0. The molecule has 256 valence electrons.